The first-order valence-corrected chi connectivity index (χ1v) is 8.19. The Bertz CT molecular complexity index is 575. The molecule has 0 unspecified atom stereocenters. The van der Waals surface area contributed by atoms with Gasteiger partial charge < -0.3 is 11.1 Å². The molecule has 21 heavy (non-hydrogen) atoms. The van der Waals surface area contributed by atoms with E-state index in [-0.39, 0.29) is 11.8 Å². The lowest BCUT2D eigenvalue weighted by atomic mass is 9.88. The predicted octanol–water partition coefficient (Wildman–Crippen LogP) is 2.53. The van der Waals surface area contributed by atoms with E-state index in [0.29, 0.717) is 17.4 Å². The molecule has 0 saturated heterocycles. The summed E-state index contributed by atoms with van der Waals surface area (Å²) in [4.78, 5) is 24.2. The van der Waals surface area contributed by atoms with Gasteiger partial charge in [0.05, 0.1) is 0 Å². The first kappa shape index (κ1) is 14.6. The van der Waals surface area contributed by atoms with Gasteiger partial charge in [-0.1, -0.05) is 34.5 Å². The molecular weight excluding hydrogens is 332 g/mol. The summed E-state index contributed by atoms with van der Waals surface area (Å²) < 4.78 is 0.862. The Hall–Kier alpha value is -1.36. The van der Waals surface area contributed by atoms with Gasteiger partial charge in [-0.2, -0.15) is 0 Å². The molecule has 0 spiro atoms. The standard InChI is InChI=1S/C16H19BrN2O2/c17-12-3-1-2-11(8-12)14(15(18)20)19-16(21)13-7-9-4-5-10(13)6-9/h1-3,8-10,13-14H,4-7H2,(H2,18,20)(H,19,21)/t9-,10-,13+,14-/m0/s1. The van der Waals surface area contributed by atoms with Crippen molar-refractivity contribution < 1.29 is 9.59 Å². The Morgan fingerprint density at radius 3 is 2.67 bits per heavy atom. The number of fused-ring (bicyclic) bond motifs is 2. The van der Waals surface area contributed by atoms with E-state index in [1.165, 1.54) is 6.42 Å². The summed E-state index contributed by atoms with van der Waals surface area (Å²) in [7, 11) is 0. The fourth-order valence-electron chi connectivity index (χ4n) is 3.82. The van der Waals surface area contributed by atoms with Crippen molar-refractivity contribution in [3.8, 4) is 0 Å². The van der Waals surface area contributed by atoms with Crippen LogP contribution in [0.1, 0.15) is 37.3 Å². The molecule has 1 aromatic rings. The monoisotopic (exact) mass is 350 g/mol. The molecule has 3 rings (SSSR count). The highest BCUT2D eigenvalue weighted by Gasteiger charge is 2.43. The topological polar surface area (TPSA) is 72.2 Å². The number of nitrogens with two attached hydrogens (primary N) is 1. The van der Waals surface area contributed by atoms with Gasteiger partial charge in [0.15, 0.2) is 0 Å². The number of halogens is 1. The largest absolute Gasteiger partial charge is 0.368 e. The zero-order valence-electron chi connectivity index (χ0n) is 11.7. The van der Waals surface area contributed by atoms with Crippen molar-refractivity contribution >= 4 is 27.7 Å². The van der Waals surface area contributed by atoms with Gasteiger partial charge in [0.25, 0.3) is 0 Å². The third-order valence-corrected chi connectivity index (χ3v) is 5.32. The Morgan fingerprint density at radius 1 is 1.29 bits per heavy atom. The van der Waals surface area contributed by atoms with E-state index in [0.717, 1.165) is 23.7 Å². The van der Waals surface area contributed by atoms with Gasteiger partial charge in [-0.15, -0.1) is 0 Å². The smallest absolute Gasteiger partial charge is 0.244 e. The van der Waals surface area contributed by atoms with E-state index in [2.05, 4.69) is 21.2 Å². The molecule has 0 radical (unpaired) electrons. The van der Waals surface area contributed by atoms with Gasteiger partial charge in [0.2, 0.25) is 11.8 Å². The van der Waals surface area contributed by atoms with E-state index in [4.69, 9.17) is 5.73 Å². The van der Waals surface area contributed by atoms with Crippen LogP contribution >= 0.6 is 15.9 Å². The summed E-state index contributed by atoms with van der Waals surface area (Å²) in [5.74, 6) is 0.697. The second kappa shape index (κ2) is 5.79. The van der Waals surface area contributed by atoms with Crippen LogP contribution in [0.15, 0.2) is 28.7 Å². The SMILES string of the molecule is NC(=O)[C@@H](NC(=O)[C@@H]1C[C@H]2CC[C@H]1C2)c1cccc(Br)c1. The molecule has 0 heterocycles. The van der Waals surface area contributed by atoms with Crippen molar-refractivity contribution in [3.05, 3.63) is 34.3 Å². The van der Waals surface area contributed by atoms with Gasteiger partial charge >= 0.3 is 0 Å². The van der Waals surface area contributed by atoms with Crippen molar-refractivity contribution in [2.75, 3.05) is 0 Å². The van der Waals surface area contributed by atoms with E-state index >= 15 is 0 Å². The summed E-state index contributed by atoms with van der Waals surface area (Å²) in [5.41, 5.74) is 6.19. The van der Waals surface area contributed by atoms with Crippen LogP contribution in [0, 0.1) is 17.8 Å². The van der Waals surface area contributed by atoms with Crippen molar-refractivity contribution in [2.45, 2.75) is 31.7 Å². The number of primary amides is 1. The normalized spacial score (nSPS) is 28.3. The minimum atomic E-state index is -0.755. The summed E-state index contributed by atoms with van der Waals surface area (Å²) in [6, 6.07) is 6.57. The van der Waals surface area contributed by atoms with Crippen LogP contribution in [0.4, 0.5) is 0 Å². The van der Waals surface area contributed by atoms with Crippen LogP contribution in [0.3, 0.4) is 0 Å². The average molecular weight is 351 g/mol. The van der Waals surface area contributed by atoms with Crippen LogP contribution in [0.25, 0.3) is 0 Å². The maximum atomic E-state index is 12.5. The van der Waals surface area contributed by atoms with E-state index in [1.807, 2.05) is 18.2 Å². The van der Waals surface area contributed by atoms with E-state index in [1.54, 1.807) is 6.07 Å². The quantitative estimate of drug-likeness (QED) is 0.875. The zero-order chi connectivity index (χ0) is 15.0. The summed E-state index contributed by atoms with van der Waals surface area (Å²) >= 11 is 3.37. The molecule has 4 nitrogen and oxygen atoms in total. The number of amides is 2. The number of carbonyl (C=O) groups is 2. The van der Waals surface area contributed by atoms with Gasteiger partial charge in [-0.25, -0.2) is 0 Å². The van der Waals surface area contributed by atoms with Crippen molar-refractivity contribution in [3.63, 3.8) is 0 Å². The Morgan fingerprint density at radius 2 is 2.10 bits per heavy atom. The summed E-state index contributed by atoms with van der Waals surface area (Å²) in [6.45, 7) is 0. The van der Waals surface area contributed by atoms with Crippen LogP contribution in [-0.2, 0) is 9.59 Å². The Kier molecular flexibility index (Phi) is 4.02. The number of benzene rings is 1. The van der Waals surface area contributed by atoms with Crippen molar-refractivity contribution in [2.24, 2.45) is 23.5 Å². The predicted molar refractivity (Wildman–Crippen MR) is 83.2 cm³/mol. The number of carbonyl (C=O) groups excluding carboxylic acids is 2. The molecule has 1 aromatic carbocycles. The molecule has 5 heteroatoms. The van der Waals surface area contributed by atoms with Gasteiger partial charge in [0.1, 0.15) is 6.04 Å². The molecule has 112 valence electrons. The maximum Gasteiger partial charge on any atom is 0.244 e. The summed E-state index contributed by atoms with van der Waals surface area (Å²) in [5, 5.41) is 2.85. The molecule has 2 saturated carbocycles. The fourth-order valence-corrected chi connectivity index (χ4v) is 4.24. The minimum Gasteiger partial charge on any atom is -0.368 e. The molecule has 4 atom stereocenters. The van der Waals surface area contributed by atoms with Crippen LogP contribution in [0.2, 0.25) is 0 Å². The number of rotatable bonds is 4. The zero-order valence-corrected chi connectivity index (χ0v) is 13.3. The highest BCUT2D eigenvalue weighted by molar-refractivity contribution is 9.10. The van der Waals surface area contributed by atoms with Gasteiger partial charge in [-0.3, -0.25) is 9.59 Å². The second-order valence-corrected chi connectivity index (χ2v) is 7.10. The van der Waals surface area contributed by atoms with Gasteiger partial charge in [0, 0.05) is 10.4 Å². The van der Waals surface area contributed by atoms with Crippen LogP contribution in [0.5, 0.6) is 0 Å². The lowest BCUT2D eigenvalue weighted by molar-refractivity contribution is -0.131. The minimum absolute atomic E-state index is 0.0222. The molecule has 2 bridgehead atoms. The molecule has 2 aliphatic carbocycles. The lowest BCUT2D eigenvalue weighted by Crippen LogP contribution is -2.41. The molecule has 2 fully saturated rings. The lowest BCUT2D eigenvalue weighted by Gasteiger charge is -2.24. The molecule has 3 N–H and O–H groups in total. The fraction of sp³-hybridized carbons (Fsp3) is 0.500. The molecule has 2 amide bonds. The maximum absolute atomic E-state index is 12.5. The molecule has 0 aromatic heterocycles. The third kappa shape index (κ3) is 2.98. The highest BCUT2D eigenvalue weighted by atomic mass is 79.9. The van der Waals surface area contributed by atoms with Crippen LogP contribution in [-0.4, -0.2) is 11.8 Å². The van der Waals surface area contributed by atoms with E-state index < -0.39 is 11.9 Å². The second-order valence-electron chi connectivity index (χ2n) is 6.18. The first-order chi connectivity index (χ1) is 10.0. The Balaban J connectivity index is 1.73. The first-order valence-electron chi connectivity index (χ1n) is 7.39. The third-order valence-electron chi connectivity index (χ3n) is 4.83. The van der Waals surface area contributed by atoms with Crippen molar-refractivity contribution in [1.29, 1.82) is 0 Å². The average Bonchev–Trinajstić information content (AvgIpc) is 3.06. The Labute approximate surface area is 132 Å². The molecule has 0 aliphatic heterocycles. The van der Waals surface area contributed by atoms with Gasteiger partial charge in [-0.05, 0) is 48.8 Å². The number of hydrogen-bond acceptors (Lipinski definition) is 2. The number of hydrogen-bond donors (Lipinski definition) is 2. The highest BCUT2D eigenvalue weighted by Crippen LogP contribution is 2.48. The molecular formula is C16H19BrN2O2. The molecule has 2 aliphatic rings. The summed E-state index contributed by atoms with van der Waals surface area (Å²) in [6.07, 6.45) is 4.51. The van der Waals surface area contributed by atoms with Crippen LogP contribution < -0.4 is 11.1 Å². The number of nitrogens with one attached hydrogen (secondary N) is 1. The van der Waals surface area contributed by atoms with E-state index in [9.17, 15) is 9.59 Å². The van der Waals surface area contributed by atoms with Crippen molar-refractivity contribution in [1.82, 2.24) is 5.32 Å².